The molecule has 0 radical (unpaired) electrons. The normalized spacial score (nSPS) is 25.6. The third-order valence-electron chi connectivity index (χ3n) is 4.29. The first-order valence-electron chi connectivity index (χ1n) is 7.10. The zero-order valence-electron chi connectivity index (χ0n) is 12.1. The van der Waals surface area contributed by atoms with Gasteiger partial charge in [0.05, 0.1) is 11.2 Å². The van der Waals surface area contributed by atoms with Gasteiger partial charge in [0.1, 0.15) is 11.6 Å². The van der Waals surface area contributed by atoms with Crippen molar-refractivity contribution in [3.05, 3.63) is 26.6 Å². The molecule has 1 amide bonds. The largest absolute Gasteiger partial charge is 0.351 e. The Kier molecular flexibility index (Phi) is 5.27. The number of carbonyl (C=O) groups is 1. The number of nitrogens with one attached hydrogen (secondary N) is 1. The van der Waals surface area contributed by atoms with Crippen molar-refractivity contribution in [1.29, 1.82) is 0 Å². The third kappa shape index (κ3) is 3.77. The third-order valence-corrected chi connectivity index (χ3v) is 5.04. The summed E-state index contributed by atoms with van der Waals surface area (Å²) < 4.78 is 1.03. The van der Waals surface area contributed by atoms with E-state index in [1.807, 2.05) is 0 Å². The van der Waals surface area contributed by atoms with Gasteiger partial charge in [-0.1, -0.05) is 49.9 Å². The Bertz CT molecular complexity index is 588. The lowest BCUT2D eigenvalue weighted by atomic mass is 9.78. The van der Waals surface area contributed by atoms with Crippen molar-refractivity contribution in [3.63, 3.8) is 0 Å². The Morgan fingerprint density at radius 3 is 2.86 bits per heavy atom. The van der Waals surface area contributed by atoms with Gasteiger partial charge >= 0.3 is 0 Å². The van der Waals surface area contributed by atoms with Crippen LogP contribution in [0.2, 0.25) is 10.0 Å². The van der Waals surface area contributed by atoms with E-state index in [4.69, 9.17) is 23.2 Å². The fourth-order valence-electron chi connectivity index (χ4n) is 2.73. The van der Waals surface area contributed by atoms with Crippen molar-refractivity contribution in [2.24, 2.45) is 11.8 Å². The molecule has 1 heterocycles. The summed E-state index contributed by atoms with van der Waals surface area (Å²) in [5.74, 6) is 0.796. The van der Waals surface area contributed by atoms with Crippen molar-refractivity contribution < 1.29 is 4.79 Å². The van der Waals surface area contributed by atoms with Crippen LogP contribution in [0.3, 0.4) is 0 Å². The van der Waals surface area contributed by atoms with Gasteiger partial charge in [0.25, 0.3) is 5.56 Å². The smallest absolute Gasteiger partial charge is 0.287 e. The molecule has 1 N–H and O–H groups in total. The number of hydrogen-bond acceptors (Lipinski definition) is 3. The van der Waals surface area contributed by atoms with Crippen molar-refractivity contribution in [3.8, 4) is 0 Å². The molecule has 0 bridgehead atoms. The molecule has 0 saturated heterocycles. The summed E-state index contributed by atoms with van der Waals surface area (Å²) in [7, 11) is 0. The van der Waals surface area contributed by atoms with Crippen LogP contribution in [0.5, 0.6) is 0 Å². The monoisotopic (exact) mass is 331 g/mol. The van der Waals surface area contributed by atoms with Crippen LogP contribution in [-0.4, -0.2) is 21.7 Å². The molecule has 0 aliphatic heterocycles. The molecule has 21 heavy (non-hydrogen) atoms. The zero-order valence-corrected chi connectivity index (χ0v) is 13.6. The van der Waals surface area contributed by atoms with Gasteiger partial charge in [0.2, 0.25) is 5.91 Å². The van der Waals surface area contributed by atoms with Crippen LogP contribution >= 0.6 is 23.2 Å². The van der Waals surface area contributed by atoms with Gasteiger partial charge in [-0.2, -0.15) is 5.10 Å². The second kappa shape index (κ2) is 6.79. The van der Waals surface area contributed by atoms with Crippen molar-refractivity contribution in [2.75, 3.05) is 0 Å². The van der Waals surface area contributed by atoms with Gasteiger partial charge in [0, 0.05) is 6.04 Å². The highest BCUT2D eigenvalue weighted by Crippen LogP contribution is 2.29. The number of carbonyl (C=O) groups excluding carboxylic acids is 1. The predicted molar refractivity (Wildman–Crippen MR) is 82.6 cm³/mol. The number of amides is 1. The summed E-state index contributed by atoms with van der Waals surface area (Å²) in [4.78, 5) is 23.9. The van der Waals surface area contributed by atoms with E-state index in [-0.39, 0.29) is 28.5 Å². The van der Waals surface area contributed by atoms with Crippen LogP contribution in [-0.2, 0) is 11.3 Å². The van der Waals surface area contributed by atoms with Crippen molar-refractivity contribution in [2.45, 2.75) is 45.7 Å². The molecular weight excluding hydrogens is 313 g/mol. The zero-order chi connectivity index (χ0) is 15.6. The molecule has 0 spiro atoms. The molecule has 1 fully saturated rings. The summed E-state index contributed by atoms with van der Waals surface area (Å²) in [5, 5.41) is 6.81. The Morgan fingerprint density at radius 1 is 1.43 bits per heavy atom. The molecule has 7 heteroatoms. The summed E-state index contributed by atoms with van der Waals surface area (Å²) in [6, 6.07) is 0.153. The minimum atomic E-state index is -0.552. The summed E-state index contributed by atoms with van der Waals surface area (Å²) in [5.41, 5.74) is -0.552. The van der Waals surface area contributed by atoms with Crippen LogP contribution in [0.1, 0.15) is 33.1 Å². The highest BCUT2D eigenvalue weighted by atomic mass is 35.5. The van der Waals surface area contributed by atoms with Gasteiger partial charge in [0.15, 0.2) is 0 Å². The molecular formula is C14H19Cl2N3O2. The summed E-state index contributed by atoms with van der Waals surface area (Å²) in [6.07, 6.45) is 4.55. The van der Waals surface area contributed by atoms with Crippen LogP contribution in [0.4, 0.5) is 0 Å². The fourth-order valence-corrected chi connectivity index (χ4v) is 3.00. The number of hydrogen-bond donors (Lipinski definition) is 1. The molecule has 1 aromatic rings. The van der Waals surface area contributed by atoms with Crippen LogP contribution in [0, 0.1) is 11.8 Å². The minimum Gasteiger partial charge on any atom is -0.351 e. The first-order valence-corrected chi connectivity index (χ1v) is 7.86. The Labute approximate surface area is 133 Å². The minimum absolute atomic E-state index is 0.0908. The van der Waals surface area contributed by atoms with Crippen molar-refractivity contribution >= 4 is 29.1 Å². The molecule has 3 unspecified atom stereocenters. The van der Waals surface area contributed by atoms with Crippen LogP contribution in [0.15, 0.2) is 11.0 Å². The molecule has 1 aliphatic rings. The van der Waals surface area contributed by atoms with E-state index in [9.17, 15) is 9.59 Å². The quantitative estimate of drug-likeness (QED) is 0.925. The van der Waals surface area contributed by atoms with Crippen LogP contribution in [0.25, 0.3) is 0 Å². The summed E-state index contributed by atoms with van der Waals surface area (Å²) in [6.45, 7) is 4.21. The Balaban J connectivity index is 2.02. The van der Waals surface area contributed by atoms with Gasteiger partial charge < -0.3 is 5.32 Å². The highest BCUT2D eigenvalue weighted by molar-refractivity contribution is 6.41. The van der Waals surface area contributed by atoms with E-state index < -0.39 is 5.56 Å². The van der Waals surface area contributed by atoms with E-state index in [2.05, 4.69) is 24.3 Å². The highest BCUT2D eigenvalue weighted by Gasteiger charge is 2.28. The lowest BCUT2D eigenvalue weighted by Crippen LogP contribution is -2.45. The average Bonchev–Trinajstić information content (AvgIpc) is 2.45. The van der Waals surface area contributed by atoms with Gasteiger partial charge in [-0.15, -0.1) is 0 Å². The topological polar surface area (TPSA) is 64.0 Å². The van der Waals surface area contributed by atoms with Crippen LogP contribution < -0.4 is 10.9 Å². The molecule has 3 atom stereocenters. The van der Waals surface area contributed by atoms with E-state index >= 15 is 0 Å². The first-order chi connectivity index (χ1) is 9.90. The van der Waals surface area contributed by atoms with E-state index in [1.165, 1.54) is 12.6 Å². The molecule has 1 saturated carbocycles. The Morgan fingerprint density at radius 2 is 2.14 bits per heavy atom. The molecule has 2 rings (SSSR count). The summed E-state index contributed by atoms with van der Waals surface area (Å²) >= 11 is 11.5. The molecule has 116 valence electrons. The number of halogens is 2. The second-order valence-electron chi connectivity index (χ2n) is 5.71. The lowest BCUT2D eigenvalue weighted by molar-refractivity contribution is -0.123. The number of rotatable bonds is 3. The maximum absolute atomic E-state index is 12.1. The molecule has 1 aliphatic carbocycles. The number of nitrogens with zero attached hydrogens (tertiary/aromatic N) is 2. The predicted octanol–water partition coefficient (Wildman–Crippen LogP) is 2.49. The maximum Gasteiger partial charge on any atom is 0.287 e. The van der Waals surface area contributed by atoms with Crippen molar-refractivity contribution in [1.82, 2.24) is 15.1 Å². The van der Waals surface area contributed by atoms with E-state index in [1.54, 1.807) is 0 Å². The molecule has 1 aromatic heterocycles. The van der Waals surface area contributed by atoms with E-state index in [0.29, 0.717) is 11.8 Å². The number of aromatic nitrogens is 2. The molecule has 0 aromatic carbocycles. The first kappa shape index (κ1) is 16.3. The van der Waals surface area contributed by atoms with E-state index in [0.717, 1.165) is 17.5 Å². The lowest BCUT2D eigenvalue weighted by Gasteiger charge is -2.34. The fraction of sp³-hybridized carbons (Fsp3) is 0.643. The second-order valence-corrected chi connectivity index (χ2v) is 6.50. The molecule has 5 nitrogen and oxygen atoms in total. The maximum atomic E-state index is 12.1. The Hall–Kier alpha value is -1.07. The van der Waals surface area contributed by atoms with Gasteiger partial charge in [-0.25, -0.2) is 4.68 Å². The SMILES string of the molecule is CC1CCCC(NC(=O)Cn2ncc(Cl)c(Cl)c2=O)C1C. The van der Waals surface area contributed by atoms with Gasteiger partial charge in [-0.3, -0.25) is 9.59 Å². The standard InChI is InChI=1S/C14H19Cl2N3O2/c1-8-4-3-5-11(9(8)2)18-12(20)7-19-14(21)13(16)10(15)6-17-19/h6,8-9,11H,3-5,7H2,1-2H3,(H,18,20). The average molecular weight is 332 g/mol. The van der Waals surface area contributed by atoms with Gasteiger partial charge in [-0.05, 0) is 18.3 Å².